The Bertz CT molecular complexity index is 1060. The molecule has 166 valence electrons. The van der Waals surface area contributed by atoms with Crippen molar-refractivity contribution < 1.29 is 9.59 Å². The van der Waals surface area contributed by atoms with Gasteiger partial charge in [0.05, 0.1) is 11.7 Å². The molecule has 1 saturated heterocycles. The van der Waals surface area contributed by atoms with Crippen LogP contribution in [0.2, 0.25) is 0 Å². The van der Waals surface area contributed by atoms with E-state index in [4.69, 9.17) is 0 Å². The Morgan fingerprint density at radius 2 is 1.69 bits per heavy atom. The Labute approximate surface area is 193 Å². The molecule has 5 nitrogen and oxygen atoms in total. The molecule has 4 rings (SSSR count). The SMILES string of the molecule is Cc1nc(-c2ccccc2)sc1C(=O)N1CCC(CC(=O)N[C@H](C)c2ccccc2)CC1. The Balaban J connectivity index is 1.29. The lowest BCUT2D eigenvalue weighted by Gasteiger charge is -2.31. The van der Waals surface area contributed by atoms with Gasteiger partial charge >= 0.3 is 0 Å². The smallest absolute Gasteiger partial charge is 0.265 e. The maximum absolute atomic E-state index is 13.1. The molecule has 1 aliphatic heterocycles. The molecule has 0 saturated carbocycles. The first kappa shape index (κ1) is 22.2. The number of hydrogen-bond donors (Lipinski definition) is 1. The van der Waals surface area contributed by atoms with Crippen molar-refractivity contribution in [3.8, 4) is 10.6 Å². The third-order valence-electron chi connectivity index (χ3n) is 6.06. The van der Waals surface area contributed by atoms with E-state index in [0.717, 1.165) is 39.5 Å². The molecule has 1 aromatic heterocycles. The largest absolute Gasteiger partial charge is 0.350 e. The van der Waals surface area contributed by atoms with Gasteiger partial charge in [0.1, 0.15) is 9.88 Å². The number of aryl methyl sites for hydroxylation is 1. The van der Waals surface area contributed by atoms with Crippen molar-refractivity contribution in [1.29, 1.82) is 0 Å². The number of hydrogen-bond acceptors (Lipinski definition) is 4. The van der Waals surface area contributed by atoms with Crippen LogP contribution in [-0.4, -0.2) is 34.8 Å². The molecule has 0 spiro atoms. The number of nitrogens with zero attached hydrogens (tertiary/aromatic N) is 2. The number of aromatic nitrogens is 1. The molecular weight excluding hydrogens is 418 g/mol. The maximum atomic E-state index is 13.1. The summed E-state index contributed by atoms with van der Waals surface area (Å²) < 4.78 is 0. The van der Waals surface area contributed by atoms with E-state index in [1.165, 1.54) is 11.3 Å². The number of carbonyl (C=O) groups is 2. The quantitative estimate of drug-likeness (QED) is 0.562. The zero-order valence-electron chi connectivity index (χ0n) is 18.6. The highest BCUT2D eigenvalue weighted by Gasteiger charge is 2.28. The van der Waals surface area contributed by atoms with Crippen LogP contribution in [-0.2, 0) is 4.79 Å². The highest BCUT2D eigenvalue weighted by molar-refractivity contribution is 7.17. The van der Waals surface area contributed by atoms with Gasteiger partial charge in [-0.05, 0) is 38.2 Å². The Morgan fingerprint density at radius 3 is 2.34 bits per heavy atom. The summed E-state index contributed by atoms with van der Waals surface area (Å²) in [4.78, 5) is 32.9. The predicted octanol–water partition coefficient (Wildman–Crippen LogP) is 5.24. The van der Waals surface area contributed by atoms with Crippen LogP contribution in [0.25, 0.3) is 10.6 Å². The van der Waals surface area contributed by atoms with Gasteiger partial charge in [0.15, 0.2) is 0 Å². The number of carbonyl (C=O) groups excluding carboxylic acids is 2. The Morgan fingerprint density at radius 1 is 1.06 bits per heavy atom. The van der Waals surface area contributed by atoms with Crippen molar-refractivity contribution in [2.24, 2.45) is 5.92 Å². The van der Waals surface area contributed by atoms with Crippen molar-refractivity contribution in [2.45, 2.75) is 39.2 Å². The summed E-state index contributed by atoms with van der Waals surface area (Å²) in [6.07, 6.45) is 2.21. The van der Waals surface area contributed by atoms with Gasteiger partial charge in [0.2, 0.25) is 5.91 Å². The van der Waals surface area contributed by atoms with Crippen LogP contribution in [0.1, 0.15) is 53.2 Å². The van der Waals surface area contributed by atoms with E-state index in [1.54, 1.807) is 0 Å². The second-order valence-corrected chi connectivity index (χ2v) is 9.44. The van der Waals surface area contributed by atoms with Crippen LogP contribution in [0.5, 0.6) is 0 Å². The molecule has 1 N–H and O–H groups in total. The molecular formula is C26H29N3O2S. The molecule has 0 aliphatic carbocycles. The first-order chi connectivity index (χ1) is 15.5. The second kappa shape index (κ2) is 10.1. The molecule has 2 amide bonds. The van der Waals surface area contributed by atoms with Gasteiger partial charge in [-0.2, -0.15) is 0 Å². The molecule has 1 atom stereocenters. The lowest BCUT2D eigenvalue weighted by molar-refractivity contribution is -0.122. The van der Waals surface area contributed by atoms with Gasteiger partial charge in [-0.3, -0.25) is 9.59 Å². The predicted molar refractivity (Wildman–Crippen MR) is 129 cm³/mol. The minimum Gasteiger partial charge on any atom is -0.350 e. The van der Waals surface area contributed by atoms with Crippen molar-refractivity contribution in [2.75, 3.05) is 13.1 Å². The molecule has 1 aliphatic rings. The zero-order chi connectivity index (χ0) is 22.5. The summed E-state index contributed by atoms with van der Waals surface area (Å²) in [5.74, 6) is 0.448. The zero-order valence-corrected chi connectivity index (χ0v) is 19.4. The van der Waals surface area contributed by atoms with Crippen LogP contribution in [0, 0.1) is 12.8 Å². The second-order valence-electron chi connectivity index (χ2n) is 8.44. The fourth-order valence-electron chi connectivity index (χ4n) is 4.17. The first-order valence-electron chi connectivity index (χ1n) is 11.2. The monoisotopic (exact) mass is 447 g/mol. The summed E-state index contributed by atoms with van der Waals surface area (Å²) in [5, 5.41) is 3.98. The summed E-state index contributed by atoms with van der Waals surface area (Å²) >= 11 is 1.46. The number of amides is 2. The van der Waals surface area contributed by atoms with Crippen molar-refractivity contribution in [1.82, 2.24) is 15.2 Å². The van der Waals surface area contributed by atoms with E-state index in [9.17, 15) is 9.59 Å². The van der Waals surface area contributed by atoms with E-state index in [-0.39, 0.29) is 17.9 Å². The van der Waals surface area contributed by atoms with Gasteiger partial charge in [0, 0.05) is 25.1 Å². The van der Waals surface area contributed by atoms with E-state index in [1.807, 2.05) is 79.4 Å². The third kappa shape index (κ3) is 5.25. The molecule has 0 bridgehead atoms. The molecule has 0 radical (unpaired) electrons. The lowest BCUT2D eigenvalue weighted by atomic mass is 9.93. The summed E-state index contributed by atoms with van der Waals surface area (Å²) in [6, 6.07) is 20.0. The van der Waals surface area contributed by atoms with E-state index in [0.29, 0.717) is 25.4 Å². The van der Waals surface area contributed by atoms with Crippen LogP contribution in [0.4, 0.5) is 0 Å². The number of thiazole rings is 1. The van der Waals surface area contributed by atoms with Crippen molar-refractivity contribution >= 4 is 23.2 Å². The lowest BCUT2D eigenvalue weighted by Crippen LogP contribution is -2.39. The van der Waals surface area contributed by atoms with Gasteiger partial charge in [-0.15, -0.1) is 11.3 Å². The minimum absolute atomic E-state index is 0.00141. The molecule has 32 heavy (non-hydrogen) atoms. The van der Waals surface area contributed by atoms with Crippen LogP contribution >= 0.6 is 11.3 Å². The summed E-state index contributed by atoms with van der Waals surface area (Å²) in [6.45, 7) is 5.28. The molecule has 1 fully saturated rings. The summed E-state index contributed by atoms with van der Waals surface area (Å²) in [5.41, 5.74) is 2.93. The maximum Gasteiger partial charge on any atom is 0.265 e. The van der Waals surface area contributed by atoms with Gasteiger partial charge in [-0.25, -0.2) is 4.98 Å². The Hall–Kier alpha value is -2.99. The third-order valence-corrected chi connectivity index (χ3v) is 7.26. The van der Waals surface area contributed by atoms with E-state index < -0.39 is 0 Å². The van der Waals surface area contributed by atoms with E-state index >= 15 is 0 Å². The molecule has 2 heterocycles. The van der Waals surface area contributed by atoms with Crippen molar-refractivity contribution in [3.63, 3.8) is 0 Å². The summed E-state index contributed by atoms with van der Waals surface area (Å²) in [7, 11) is 0. The van der Waals surface area contributed by atoms with Gasteiger partial charge in [-0.1, -0.05) is 60.7 Å². The number of rotatable bonds is 6. The van der Waals surface area contributed by atoms with Crippen LogP contribution < -0.4 is 5.32 Å². The number of nitrogens with one attached hydrogen (secondary N) is 1. The van der Waals surface area contributed by atoms with Crippen LogP contribution in [0.3, 0.4) is 0 Å². The fraction of sp³-hybridized carbons (Fsp3) is 0.346. The highest BCUT2D eigenvalue weighted by Crippen LogP contribution is 2.30. The normalized spacial score (nSPS) is 15.4. The van der Waals surface area contributed by atoms with E-state index in [2.05, 4.69) is 10.3 Å². The minimum atomic E-state index is -0.00141. The Kier molecular flexibility index (Phi) is 7.00. The highest BCUT2D eigenvalue weighted by atomic mass is 32.1. The van der Waals surface area contributed by atoms with Crippen molar-refractivity contribution in [3.05, 3.63) is 76.8 Å². The molecule has 6 heteroatoms. The topological polar surface area (TPSA) is 62.3 Å². The average molecular weight is 448 g/mol. The molecule has 3 aromatic rings. The van der Waals surface area contributed by atoms with Gasteiger partial charge in [0.25, 0.3) is 5.91 Å². The number of likely N-dealkylation sites (tertiary alicyclic amines) is 1. The van der Waals surface area contributed by atoms with Crippen LogP contribution in [0.15, 0.2) is 60.7 Å². The first-order valence-corrected chi connectivity index (χ1v) is 12.0. The average Bonchev–Trinajstić information content (AvgIpc) is 3.21. The molecule has 0 unspecified atom stereocenters. The fourth-order valence-corrected chi connectivity index (χ4v) is 5.21. The number of piperidine rings is 1. The molecule has 2 aromatic carbocycles. The standard InChI is InChI=1S/C26H29N3O2S/c1-18(21-9-5-3-6-10-21)27-23(30)17-20-13-15-29(16-14-20)26(31)24-19(2)28-25(32-24)22-11-7-4-8-12-22/h3-12,18,20H,13-17H2,1-2H3,(H,27,30)/t18-/m1/s1. The number of benzene rings is 2. The van der Waals surface area contributed by atoms with Gasteiger partial charge < -0.3 is 10.2 Å².